The maximum absolute atomic E-state index is 5.98. The fraction of sp³-hybridized carbons (Fsp3) is 0.504. The van der Waals surface area contributed by atoms with Crippen LogP contribution in [-0.2, 0) is 47.4 Å². The van der Waals surface area contributed by atoms with Crippen LogP contribution < -0.4 is 47.4 Å². The molecule has 6 aliphatic carbocycles. The Bertz CT molecular complexity index is 4550. The molecule has 0 amide bonds. The van der Waals surface area contributed by atoms with Crippen molar-refractivity contribution in [2.75, 3.05) is 132 Å². The minimum absolute atomic E-state index is 0.0140. The van der Waals surface area contributed by atoms with Crippen LogP contribution in [0.3, 0.4) is 0 Å². The van der Waals surface area contributed by atoms with Gasteiger partial charge >= 0.3 is 0 Å². The van der Waals surface area contributed by atoms with Crippen LogP contribution in [0.25, 0.3) is 0 Å². The van der Waals surface area contributed by atoms with Crippen molar-refractivity contribution in [1.29, 1.82) is 0 Å². The highest BCUT2D eigenvalue weighted by atomic mass is 16.6. The molecule has 20 heteroatoms. The molecule has 20 nitrogen and oxygen atoms in total. The summed E-state index contributed by atoms with van der Waals surface area (Å²) in [5.41, 5.74) is 8.28. The summed E-state index contributed by atoms with van der Waals surface area (Å²) in [6.07, 6.45) is 21.6. The highest BCUT2D eigenvalue weighted by molar-refractivity contribution is 5.50. The first-order valence-corrected chi connectivity index (χ1v) is 53.1. The van der Waals surface area contributed by atoms with E-state index < -0.39 is 0 Å². The highest BCUT2D eigenvalue weighted by Gasteiger charge is 2.50. The predicted molar refractivity (Wildman–Crippen MR) is 550 cm³/mol. The van der Waals surface area contributed by atoms with Crippen LogP contribution in [0.1, 0.15) is 189 Å². The van der Waals surface area contributed by atoms with Crippen molar-refractivity contribution < 1.29 is 94.7 Å². The van der Waals surface area contributed by atoms with E-state index in [1.54, 1.807) is 77.0 Å². The van der Waals surface area contributed by atoms with Crippen molar-refractivity contribution in [2.24, 2.45) is 47.3 Å². The minimum atomic E-state index is -0.0140. The lowest BCUT2D eigenvalue weighted by Gasteiger charge is -2.30. The van der Waals surface area contributed by atoms with Gasteiger partial charge in [0.2, 0.25) is 0 Å². The Morgan fingerprint density at radius 1 is 0.184 bits per heavy atom. The topological polar surface area (TPSA) is 218 Å². The lowest BCUT2D eigenvalue weighted by molar-refractivity contribution is 0.259. The monoisotopic (exact) mass is 1930 g/mol. The minimum Gasteiger partial charge on any atom is -0.491 e. The number of hydrogen-bond acceptors (Lipinski definition) is 20. The van der Waals surface area contributed by atoms with Gasteiger partial charge in [0.25, 0.3) is 0 Å². The number of fused-ring (bicyclic) bond motifs is 10. The summed E-state index contributed by atoms with van der Waals surface area (Å²) >= 11 is 0. The number of rotatable bonds is 38. The number of epoxide rings is 10. The molecule has 16 aliphatic rings. The van der Waals surface area contributed by atoms with Gasteiger partial charge in [0.1, 0.15) is 185 Å². The molecule has 16 fully saturated rings. The summed E-state index contributed by atoms with van der Waals surface area (Å²) in [5.74, 6) is 18.3. The molecule has 18 unspecified atom stereocenters. The van der Waals surface area contributed by atoms with Crippen molar-refractivity contribution in [3.8, 4) is 57.5 Å². The molecule has 4 bridgehead atoms. The second-order valence-corrected chi connectivity index (χ2v) is 38.2. The van der Waals surface area contributed by atoms with Crippen LogP contribution in [-0.4, -0.2) is 193 Å². The first-order chi connectivity index (χ1) is 69.8. The molecule has 10 saturated heterocycles. The number of ether oxygens (including phenoxy) is 20. The molecule has 10 heterocycles. The van der Waals surface area contributed by atoms with Crippen LogP contribution in [0.15, 0.2) is 261 Å². The zero-order chi connectivity index (χ0) is 97.1. The van der Waals surface area contributed by atoms with E-state index in [2.05, 4.69) is 133 Å². The van der Waals surface area contributed by atoms with Gasteiger partial charge < -0.3 is 94.7 Å². The third-order valence-corrected chi connectivity index (χ3v) is 28.2. The summed E-state index contributed by atoms with van der Waals surface area (Å²) in [6, 6.07) is 88.3. The van der Waals surface area contributed by atoms with Gasteiger partial charge in [-0.05, 0) is 272 Å². The van der Waals surface area contributed by atoms with E-state index in [0.29, 0.717) is 84.4 Å². The van der Waals surface area contributed by atoms with Crippen LogP contribution in [0.4, 0.5) is 0 Å². The van der Waals surface area contributed by atoms with Crippen molar-refractivity contribution in [3.63, 3.8) is 0 Å². The third kappa shape index (κ3) is 34.0. The van der Waals surface area contributed by atoms with E-state index in [0.717, 1.165) is 124 Å². The van der Waals surface area contributed by atoms with Gasteiger partial charge in [-0.3, -0.25) is 0 Å². The molecular formula is C121H152O20. The average molecular weight is 1930 g/mol. The van der Waals surface area contributed by atoms with Gasteiger partial charge in [-0.1, -0.05) is 208 Å². The van der Waals surface area contributed by atoms with Gasteiger partial charge in [-0.2, -0.15) is 0 Å². The van der Waals surface area contributed by atoms with E-state index in [9.17, 15) is 0 Å². The SMILES string of the molecule is C1CC2C3CCC(C3)C2C1.C1CC2C3CCC(C3)C2C1.CC.CC.CC.CC.c1cc(C(c2ccc(OCC3CO3)cc2)C(c2ccc(OCC3CO3)cc2)c2ccc(OCC3CO3)cc2)ccc1OCC1CO1.c1cc(C(c2ccc(OCC3CO3)cc2)c2ccc(OCC3CO3)cc2)ccc1OCC1CO1.c1ccc(OCC2CO2)cc1.c1ccc(OCC2CO2)cc1.c1ccc(OCC2CO2)cc1. The van der Waals surface area contributed by atoms with Gasteiger partial charge in [-0.15, -0.1) is 0 Å². The van der Waals surface area contributed by atoms with E-state index in [1.165, 1.54) is 86.3 Å². The smallest absolute Gasteiger partial charge is 0.119 e. The molecule has 141 heavy (non-hydrogen) atoms. The summed E-state index contributed by atoms with van der Waals surface area (Å²) in [7, 11) is 0. The Morgan fingerprint density at radius 2 is 0.326 bits per heavy atom. The molecule has 10 aromatic carbocycles. The summed E-state index contributed by atoms with van der Waals surface area (Å²) in [5, 5.41) is 0. The number of para-hydroxylation sites is 3. The summed E-state index contributed by atoms with van der Waals surface area (Å²) in [4.78, 5) is 0. The first-order valence-electron chi connectivity index (χ1n) is 53.1. The zero-order valence-electron chi connectivity index (χ0n) is 84.2. The Hall–Kier alpha value is -10.2. The maximum Gasteiger partial charge on any atom is 0.119 e. The Labute approximate surface area is 837 Å². The van der Waals surface area contributed by atoms with Crippen molar-refractivity contribution in [3.05, 3.63) is 300 Å². The fourth-order valence-electron chi connectivity index (χ4n) is 20.2. The fourth-order valence-corrected chi connectivity index (χ4v) is 20.2. The molecule has 10 aliphatic heterocycles. The Balaban J connectivity index is 0.000000130. The highest BCUT2D eigenvalue weighted by Crippen LogP contribution is 2.60. The molecule has 0 aromatic heterocycles. The van der Waals surface area contributed by atoms with E-state index in [1.807, 2.05) is 183 Å². The van der Waals surface area contributed by atoms with Crippen molar-refractivity contribution in [2.45, 2.75) is 211 Å². The van der Waals surface area contributed by atoms with Crippen molar-refractivity contribution >= 4 is 0 Å². The second kappa shape index (κ2) is 54.5. The predicted octanol–water partition coefficient (Wildman–Crippen LogP) is 24.1. The number of benzene rings is 10. The first kappa shape index (κ1) is 104. The molecule has 18 atom stereocenters. The lowest BCUT2D eigenvalue weighted by atomic mass is 9.73. The van der Waals surface area contributed by atoms with Crippen LogP contribution >= 0.6 is 0 Å². The lowest BCUT2D eigenvalue weighted by Crippen LogP contribution is -2.15. The summed E-state index contributed by atoms with van der Waals surface area (Å²) in [6.45, 7) is 30.2. The quantitative estimate of drug-likeness (QED) is 0.0259. The van der Waals surface area contributed by atoms with Crippen molar-refractivity contribution in [1.82, 2.24) is 0 Å². The molecule has 0 radical (unpaired) electrons. The second-order valence-electron chi connectivity index (χ2n) is 38.2. The molecule has 0 spiro atoms. The Morgan fingerprint density at radius 3 is 0.475 bits per heavy atom. The standard InChI is InChI=1S/C38H38O8.C28H28O6.2C10H16.3C9H10O2.4C2H6/c1-9-29(39-17-33-21-43-33)10-2-25(1)37(26-3-11-30(12-4-26)40-18-34-22-44-34)38(27-5-13-31(14-6-27)41-19-35-23-45-35)28-7-15-32(16-8-28)42-20-36-24-46-36;1-7-22(29-13-25-16-32-25)8-2-19(1)28(20-3-9-23(10-4-20)30-14-26-17-33-26)21-5-11-24(12-6-21)31-15-27-18-34-27;2*1-2-9-7-4-5-8(6-7)10(9)3-1;3*1-2-4-8(5-3-1)10-6-9-7-11-9;4*1-2/h1-16,33-38H,17-24H2;1-12,25-28H,13-18H2;2*7-10H,1-6H2;3*1-5,9H,6-7H2;4*1-2H3. The zero-order valence-corrected chi connectivity index (χ0v) is 84.2. The molecule has 0 N–H and O–H groups in total. The maximum atomic E-state index is 5.98. The van der Waals surface area contributed by atoms with Gasteiger partial charge in [0, 0.05) is 17.8 Å². The van der Waals surface area contributed by atoms with Gasteiger partial charge in [0.15, 0.2) is 0 Å². The van der Waals surface area contributed by atoms with Crippen LogP contribution in [0.5, 0.6) is 57.5 Å². The van der Waals surface area contributed by atoms with E-state index in [4.69, 9.17) is 94.7 Å². The average Bonchev–Trinajstić information content (AvgIpc) is 1.67. The molecule has 10 aromatic rings. The normalized spacial score (nSPS) is 26.6. The van der Waals surface area contributed by atoms with Crippen LogP contribution in [0, 0.1) is 47.3 Å². The van der Waals surface area contributed by atoms with Gasteiger partial charge in [-0.25, -0.2) is 0 Å². The third-order valence-electron chi connectivity index (χ3n) is 28.2. The van der Waals surface area contributed by atoms with Crippen LogP contribution in [0.2, 0.25) is 0 Å². The van der Waals surface area contributed by atoms with E-state index in [-0.39, 0.29) is 60.5 Å². The molecular weight excluding hydrogens is 1770 g/mol. The summed E-state index contributed by atoms with van der Waals surface area (Å²) < 4.78 is 110. The molecule has 6 saturated carbocycles. The molecule has 26 rings (SSSR count). The Kier molecular flexibility index (Phi) is 40.1. The van der Waals surface area contributed by atoms with E-state index >= 15 is 0 Å². The molecule has 756 valence electrons. The largest absolute Gasteiger partial charge is 0.491 e. The number of hydrogen-bond donors (Lipinski definition) is 0. The van der Waals surface area contributed by atoms with Gasteiger partial charge in [0.05, 0.1) is 66.1 Å².